The predicted molar refractivity (Wildman–Crippen MR) is 64.8 cm³/mol. The SMILES string of the molecule is Cc1ccc(C)c(C(N)CCC2CC2)c1. The summed E-state index contributed by atoms with van der Waals surface area (Å²) in [4.78, 5) is 0. The first-order chi connectivity index (χ1) is 7.16. The minimum absolute atomic E-state index is 0.241. The smallest absolute Gasteiger partial charge is 0.0297 e. The van der Waals surface area contributed by atoms with Crippen LogP contribution in [-0.4, -0.2) is 0 Å². The van der Waals surface area contributed by atoms with Gasteiger partial charge in [-0.15, -0.1) is 0 Å². The normalized spacial score (nSPS) is 17.8. The second-order valence-electron chi connectivity index (χ2n) is 4.99. The average molecular weight is 203 g/mol. The summed E-state index contributed by atoms with van der Waals surface area (Å²) in [5, 5.41) is 0. The van der Waals surface area contributed by atoms with E-state index in [9.17, 15) is 0 Å². The zero-order chi connectivity index (χ0) is 10.8. The third kappa shape index (κ3) is 2.82. The molecule has 0 aliphatic heterocycles. The van der Waals surface area contributed by atoms with Crippen LogP contribution >= 0.6 is 0 Å². The molecule has 0 aromatic heterocycles. The van der Waals surface area contributed by atoms with Crippen LogP contribution in [0.15, 0.2) is 18.2 Å². The van der Waals surface area contributed by atoms with E-state index in [0.717, 1.165) is 12.3 Å². The van der Waals surface area contributed by atoms with Gasteiger partial charge in [-0.05, 0) is 43.7 Å². The van der Waals surface area contributed by atoms with E-state index in [1.165, 1.54) is 36.0 Å². The van der Waals surface area contributed by atoms with Gasteiger partial charge in [0.1, 0.15) is 0 Å². The molecule has 1 aliphatic rings. The maximum atomic E-state index is 6.24. The maximum Gasteiger partial charge on any atom is 0.0297 e. The molecule has 2 N–H and O–H groups in total. The van der Waals surface area contributed by atoms with Gasteiger partial charge in [-0.3, -0.25) is 0 Å². The molecule has 15 heavy (non-hydrogen) atoms. The van der Waals surface area contributed by atoms with Crippen LogP contribution < -0.4 is 5.73 Å². The molecule has 0 amide bonds. The Morgan fingerprint density at radius 1 is 1.33 bits per heavy atom. The first kappa shape index (κ1) is 10.7. The molecule has 1 nitrogen and oxygen atoms in total. The lowest BCUT2D eigenvalue weighted by molar-refractivity contribution is 0.573. The van der Waals surface area contributed by atoms with Crippen molar-refractivity contribution >= 4 is 0 Å². The first-order valence-electron chi connectivity index (χ1n) is 5.99. The first-order valence-corrected chi connectivity index (χ1v) is 5.99. The molecule has 82 valence electrons. The molecule has 1 aromatic rings. The predicted octanol–water partition coefficient (Wildman–Crippen LogP) is 3.49. The molecular weight excluding hydrogens is 182 g/mol. The largest absolute Gasteiger partial charge is 0.324 e. The van der Waals surface area contributed by atoms with E-state index in [2.05, 4.69) is 32.0 Å². The van der Waals surface area contributed by atoms with Crippen molar-refractivity contribution in [3.05, 3.63) is 34.9 Å². The molecular formula is C14H21N. The Morgan fingerprint density at radius 3 is 2.73 bits per heavy atom. The van der Waals surface area contributed by atoms with Crippen molar-refractivity contribution in [3.8, 4) is 0 Å². The lowest BCUT2D eigenvalue weighted by Gasteiger charge is -2.15. The molecule has 0 bridgehead atoms. The standard InChI is InChI=1S/C14H21N/c1-10-3-4-11(2)13(9-10)14(15)8-7-12-5-6-12/h3-4,9,12,14H,5-8,15H2,1-2H3. The molecule has 1 fully saturated rings. The highest BCUT2D eigenvalue weighted by atomic mass is 14.6. The van der Waals surface area contributed by atoms with Crippen LogP contribution in [0.1, 0.15) is 48.4 Å². The summed E-state index contributed by atoms with van der Waals surface area (Å²) in [7, 11) is 0. The Kier molecular flexibility index (Phi) is 3.11. The fourth-order valence-corrected chi connectivity index (χ4v) is 2.14. The quantitative estimate of drug-likeness (QED) is 0.796. The molecule has 0 spiro atoms. The number of benzene rings is 1. The summed E-state index contributed by atoms with van der Waals surface area (Å²) in [5.74, 6) is 0.987. The minimum Gasteiger partial charge on any atom is -0.324 e. The number of hydrogen-bond donors (Lipinski definition) is 1. The van der Waals surface area contributed by atoms with Gasteiger partial charge in [-0.1, -0.05) is 36.6 Å². The minimum atomic E-state index is 0.241. The topological polar surface area (TPSA) is 26.0 Å². The van der Waals surface area contributed by atoms with Gasteiger partial charge in [-0.2, -0.15) is 0 Å². The van der Waals surface area contributed by atoms with Crippen molar-refractivity contribution < 1.29 is 0 Å². The zero-order valence-corrected chi connectivity index (χ0v) is 9.79. The van der Waals surface area contributed by atoms with Gasteiger partial charge in [0.25, 0.3) is 0 Å². The van der Waals surface area contributed by atoms with E-state index in [-0.39, 0.29) is 6.04 Å². The second kappa shape index (κ2) is 4.36. The van der Waals surface area contributed by atoms with E-state index in [1.54, 1.807) is 0 Å². The van der Waals surface area contributed by atoms with Crippen molar-refractivity contribution in [1.29, 1.82) is 0 Å². The van der Waals surface area contributed by atoms with E-state index < -0.39 is 0 Å². The summed E-state index contributed by atoms with van der Waals surface area (Å²) in [6.45, 7) is 4.29. The lowest BCUT2D eigenvalue weighted by atomic mass is 9.95. The van der Waals surface area contributed by atoms with E-state index in [0.29, 0.717) is 0 Å². The molecule has 1 atom stereocenters. The van der Waals surface area contributed by atoms with Gasteiger partial charge in [-0.25, -0.2) is 0 Å². The highest BCUT2D eigenvalue weighted by Gasteiger charge is 2.22. The van der Waals surface area contributed by atoms with Crippen LogP contribution in [0.2, 0.25) is 0 Å². The highest BCUT2D eigenvalue weighted by molar-refractivity contribution is 5.32. The summed E-state index contributed by atoms with van der Waals surface area (Å²) < 4.78 is 0. The van der Waals surface area contributed by atoms with E-state index in [4.69, 9.17) is 5.73 Å². The fraction of sp³-hybridized carbons (Fsp3) is 0.571. The van der Waals surface area contributed by atoms with Gasteiger partial charge >= 0.3 is 0 Å². The maximum absolute atomic E-state index is 6.24. The van der Waals surface area contributed by atoms with E-state index >= 15 is 0 Å². The molecule has 2 rings (SSSR count). The number of rotatable bonds is 4. The second-order valence-corrected chi connectivity index (χ2v) is 4.99. The Labute approximate surface area is 92.7 Å². The summed E-state index contributed by atoms with van der Waals surface area (Å²) >= 11 is 0. The zero-order valence-electron chi connectivity index (χ0n) is 9.79. The Bertz CT molecular complexity index is 339. The summed E-state index contributed by atoms with van der Waals surface area (Å²) in [6.07, 6.45) is 5.32. The Hall–Kier alpha value is -0.820. The van der Waals surface area contributed by atoms with Crippen molar-refractivity contribution in [3.63, 3.8) is 0 Å². The van der Waals surface area contributed by atoms with Crippen LogP contribution in [0, 0.1) is 19.8 Å². The van der Waals surface area contributed by atoms with Gasteiger partial charge < -0.3 is 5.73 Å². The van der Waals surface area contributed by atoms with Crippen LogP contribution in [0.25, 0.3) is 0 Å². The average Bonchev–Trinajstić information content (AvgIpc) is 3.02. The van der Waals surface area contributed by atoms with E-state index in [1.807, 2.05) is 0 Å². The number of aryl methyl sites for hydroxylation is 2. The van der Waals surface area contributed by atoms with Gasteiger partial charge in [0.15, 0.2) is 0 Å². The van der Waals surface area contributed by atoms with Crippen molar-refractivity contribution in [1.82, 2.24) is 0 Å². The monoisotopic (exact) mass is 203 g/mol. The van der Waals surface area contributed by atoms with Gasteiger partial charge in [0.05, 0.1) is 0 Å². The lowest BCUT2D eigenvalue weighted by Crippen LogP contribution is -2.12. The molecule has 0 radical (unpaired) electrons. The molecule has 1 heteroatoms. The van der Waals surface area contributed by atoms with Crippen molar-refractivity contribution in [2.75, 3.05) is 0 Å². The Morgan fingerprint density at radius 2 is 2.07 bits per heavy atom. The van der Waals surface area contributed by atoms with Crippen LogP contribution in [0.3, 0.4) is 0 Å². The number of nitrogens with two attached hydrogens (primary N) is 1. The fourth-order valence-electron chi connectivity index (χ4n) is 2.14. The summed E-state index contributed by atoms with van der Waals surface area (Å²) in [5.41, 5.74) is 10.2. The van der Waals surface area contributed by atoms with Crippen LogP contribution in [0.4, 0.5) is 0 Å². The van der Waals surface area contributed by atoms with Gasteiger partial charge in [0.2, 0.25) is 0 Å². The molecule has 1 unspecified atom stereocenters. The van der Waals surface area contributed by atoms with Gasteiger partial charge in [0, 0.05) is 6.04 Å². The van der Waals surface area contributed by atoms with Crippen LogP contribution in [-0.2, 0) is 0 Å². The van der Waals surface area contributed by atoms with Crippen LogP contribution in [0.5, 0.6) is 0 Å². The third-order valence-corrected chi connectivity index (χ3v) is 3.42. The third-order valence-electron chi connectivity index (χ3n) is 3.42. The molecule has 1 aromatic carbocycles. The molecule has 0 saturated heterocycles. The number of hydrogen-bond acceptors (Lipinski definition) is 1. The molecule has 0 heterocycles. The Balaban J connectivity index is 2.02. The highest BCUT2D eigenvalue weighted by Crippen LogP contribution is 2.35. The van der Waals surface area contributed by atoms with Crippen molar-refractivity contribution in [2.45, 2.75) is 45.6 Å². The summed E-state index contributed by atoms with van der Waals surface area (Å²) in [6, 6.07) is 6.83. The molecule has 1 aliphatic carbocycles. The molecule has 1 saturated carbocycles. The van der Waals surface area contributed by atoms with Crippen molar-refractivity contribution in [2.24, 2.45) is 11.7 Å².